The molecule has 5 nitrogen and oxygen atoms in total. The lowest BCUT2D eigenvalue weighted by Crippen LogP contribution is -2.38. The van der Waals surface area contributed by atoms with Gasteiger partial charge in [0.25, 0.3) is 0 Å². The maximum Gasteiger partial charge on any atom is 0.246 e. The van der Waals surface area contributed by atoms with E-state index in [0.29, 0.717) is 30.8 Å². The third-order valence-corrected chi connectivity index (χ3v) is 5.03. The Morgan fingerprint density at radius 2 is 2.04 bits per heavy atom. The van der Waals surface area contributed by atoms with Gasteiger partial charge in [-0.1, -0.05) is 18.2 Å². The van der Waals surface area contributed by atoms with Crippen LogP contribution in [0.2, 0.25) is 0 Å². The fourth-order valence-corrected chi connectivity index (χ4v) is 3.49. The van der Waals surface area contributed by atoms with E-state index in [4.69, 9.17) is 0 Å². The van der Waals surface area contributed by atoms with Crippen molar-refractivity contribution in [3.8, 4) is 0 Å². The standard InChI is InChI=1S/C21H20F2N4O/c1-13-24-10-11-27(13)12-14-2-4-15(5-3-14)26-21(28)20-17-6-7-18(22)19(23)16(17)8-9-25-20/h2-7,10-11,20,25H,8-9,12H2,1H3,(H,26,28). The molecule has 1 aromatic heterocycles. The zero-order valence-corrected chi connectivity index (χ0v) is 15.4. The lowest BCUT2D eigenvalue weighted by molar-refractivity contribution is -0.118. The van der Waals surface area contributed by atoms with Crippen LogP contribution < -0.4 is 10.6 Å². The van der Waals surface area contributed by atoms with E-state index < -0.39 is 17.7 Å². The molecule has 2 N–H and O–H groups in total. The van der Waals surface area contributed by atoms with Gasteiger partial charge in [-0.3, -0.25) is 4.79 Å². The van der Waals surface area contributed by atoms with Crippen molar-refractivity contribution in [2.24, 2.45) is 0 Å². The van der Waals surface area contributed by atoms with Crippen molar-refractivity contribution in [3.05, 3.63) is 82.9 Å². The van der Waals surface area contributed by atoms with Crippen LogP contribution in [0.25, 0.3) is 0 Å². The van der Waals surface area contributed by atoms with Gasteiger partial charge < -0.3 is 15.2 Å². The number of rotatable bonds is 4. The quantitative estimate of drug-likeness (QED) is 0.728. The summed E-state index contributed by atoms with van der Waals surface area (Å²) < 4.78 is 29.5. The van der Waals surface area contributed by atoms with Crippen LogP contribution >= 0.6 is 0 Å². The van der Waals surface area contributed by atoms with Crippen molar-refractivity contribution < 1.29 is 13.6 Å². The summed E-state index contributed by atoms with van der Waals surface area (Å²) in [5, 5.41) is 5.93. The van der Waals surface area contributed by atoms with Gasteiger partial charge in [-0.2, -0.15) is 0 Å². The molecule has 4 rings (SSSR count). The monoisotopic (exact) mass is 382 g/mol. The van der Waals surface area contributed by atoms with Gasteiger partial charge >= 0.3 is 0 Å². The summed E-state index contributed by atoms with van der Waals surface area (Å²) in [4.78, 5) is 16.9. The van der Waals surface area contributed by atoms with Gasteiger partial charge in [-0.05, 0) is 48.2 Å². The Bertz CT molecular complexity index is 1010. The smallest absolute Gasteiger partial charge is 0.246 e. The molecule has 1 unspecified atom stereocenters. The van der Waals surface area contributed by atoms with Gasteiger partial charge in [0.05, 0.1) is 0 Å². The number of aryl methyl sites for hydroxylation is 1. The van der Waals surface area contributed by atoms with E-state index in [1.165, 1.54) is 6.07 Å². The van der Waals surface area contributed by atoms with E-state index in [-0.39, 0.29) is 11.5 Å². The highest BCUT2D eigenvalue weighted by molar-refractivity contribution is 5.96. The second kappa shape index (κ2) is 7.52. The van der Waals surface area contributed by atoms with E-state index in [9.17, 15) is 13.6 Å². The molecule has 0 saturated heterocycles. The number of carbonyl (C=O) groups excluding carboxylic acids is 1. The average Bonchev–Trinajstić information content (AvgIpc) is 3.10. The van der Waals surface area contributed by atoms with Gasteiger partial charge in [0.15, 0.2) is 11.6 Å². The minimum atomic E-state index is -0.886. The molecule has 1 aliphatic heterocycles. The number of hydrogen-bond donors (Lipinski definition) is 2. The van der Waals surface area contributed by atoms with Crippen molar-refractivity contribution in [3.63, 3.8) is 0 Å². The van der Waals surface area contributed by atoms with Gasteiger partial charge in [0.2, 0.25) is 5.91 Å². The minimum absolute atomic E-state index is 0.268. The lowest BCUT2D eigenvalue weighted by atomic mass is 9.93. The Kier molecular flexibility index (Phi) is 4.92. The topological polar surface area (TPSA) is 59.0 Å². The molecule has 1 atom stereocenters. The van der Waals surface area contributed by atoms with E-state index in [1.807, 2.05) is 42.0 Å². The summed E-state index contributed by atoms with van der Waals surface area (Å²) in [6, 6.07) is 9.35. The largest absolute Gasteiger partial charge is 0.331 e. The minimum Gasteiger partial charge on any atom is -0.331 e. The van der Waals surface area contributed by atoms with E-state index in [0.717, 1.165) is 17.5 Å². The number of anilines is 1. The third kappa shape index (κ3) is 3.53. The van der Waals surface area contributed by atoms with Crippen molar-refractivity contribution >= 4 is 11.6 Å². The summed E-state index contributed by atoms with van der Waals surface area (Å²) in [5.41, 5.74) is 2.48. The Hall–Kier alpha value is -3.06. The van der Waals surface area contributed by atoms with Crippen molar-refractivity contribution in [1.82, 2.24) is 14.9 Å². The van der Waals surface area contributed by atoms with Crippen molar-refractivity contribution in [2.75, 3.05) is 11.9 Å². The first-order chi connectivity index (χ1) is 13.5. The molecule has 0 bridgehead atoms. The number of aromatic nitrogens is 2. The zero-order chi connectivity index (χ0) is 19.7. The van der Waals surface area contributed by atoms with Gasteiger partial charge in [0, 0.05) is 31.2 Å². The summed E-state index contributed by atoms with van der Waals surface area (Å²) >= 11 is 0. The predicted molar refractivity (Wildman–Crippen MR) is 102 cm³/mol. The Labute approximate surface area is 161 Å². The summed E-state index contributed by atoms with van der Waals surface area (Å²) in [5.74, 6) is -1.12. The normalized spacial score (nSPS) is 15.9. The number of fused-ring (bicyclic) bond motifs is 1. The first-order valence-corrected chi connectivity index (χ1v) is 9.10. The molecule has 3 aromatic rings. The van der Waals surface area contributed by atoms with Crippen LogP contribution in [0.5, 0.6) is 0 Å². The second-order valence-electron chi connectivity index (χ2n) is 6.85. The molecule has 2 aromatic carbocycles. The summed E-state index contributed by atoms with van der Waals surface area (Å²) in [7, 11) is 0. The molecule has 144 valence electrons. The number of benzene rings is 2. The molecule has 1 aliphatic rings. The van der Waals surface area contributed by atoms with Crippen LogP contribution in [-0.4, -0.2) is 22.0 Å². The number of nitrogens with one attached hydrogen (secondary N) is 2. The fourth-order valence-electron chi connectivity index (χ4n) is 3.49. The van der Waals surface area contributed by atoms with Crippen molar-refractivity contribution in [1.29, 1.82) is 0 Å². The SMILES string of the molecule is Cc1nccn1Cc1ccc(NC(=O)C2NCCc3c2ccc(F)c3F)cc1. The highest BCUT2D eigenvalue weighted by atomic mass is 19.2. The molecule has 1 amide bonds. The second-order valence-corrected chi connectivity index (χ2v) is 6.85. The Balaban J connectivity index is 1.47. The van der Waals surface area contributed by atoms with Gasteiger partial charge in [-0.15, -0.1) is 0 Å². The van der Waals surface area contributed by atoms with Crippen molar-refractivity contribution in [2.45, 2.75) is 25.9 Å². The molecule has 7 heteroatoms. The zero-order valence-electron chi connectivity index (χ0n) is 15.4. The first-order valence-electron chi connectivity index (χ1n) is 9.10. The number of nitrogens with zero attached hydrogens (tertiary/aromatic N) is 2. The lowest BCUT2D eigenvalue weighted by Gasteiger charge is -2.26. The maximum atomic E-state index is 14.0. The average molecular weight is 382 g/mol. The van der Waals surface area contributed by atoms with E-state index in [1.54, 1.807) is 6.20 Å². The Morgan fingerprint density at radius 3 is 2.75 bits per heavy atom. The number of hydrogen-bond acceptors (Lipinski definition) is 3. The number of halogens is 2. The predicted octanol–water partition coefficient (Wildman–Crippen LogP) is 3.34. The van der Waals surface area contributed by atoms with Crippen LogP contribution in [0.4, 0.5) is 14.5 Å². The fraction of sp³-hybridized carbons (Fsp3) is 0.238. The number of imidazole rings is 1. The summed E-state index contributed by atoms with van der Waals surface area (Å²) in [6.45, 7) is 3.05. The van der Waals surface area contributed by atoms with Crippen LogP contribution in [0.1, 0.15) is 28.6 Å². The molecule has 0 fully saturated rings. The van der Waals surface area contributed by atoms with Gasteiger partial charge in [0.1, 0.15) is 11.9 Å². The maximum absolute atomic E-state index is 14.0. The van der Waals surface area contributed by atoms with Gasteiger partial charge in [-0.25, -0.2) is 13.8 Å². The number of amides is 1. The summed E-state index contributed by atoms with van der Waals surface area (Å²) in [6.07, 6.45) is 4.03. The Morgan fingerprint density at radius 1 is 1.25 bits per heavy atom. The van der Waals surface area contributed by atoms with Crippen LogP contribution in [0, 0.1) is 18.6 Å². The van der Waals surface area contributed by atoms with E-state index in [2.05, 4.69) is 15.6 Å². The van der Waals surface area contributed by atoms with Crippen LogP contribution in [0.15, 0.2) is 48.8 Å². The molecule has 0 saturated carbocycles. The molecule has 0 radical (unpaired) electrons. The molecule has 28 heavy (non-hydrogen) atoms. The van der Waals surface area contributed by atoms with Crippen LogP contribution in [0.3, 0.4) is 0 Å². The highest BCUT2D eigenvalue weighted by Gasteiger charge is 2.29. The first kappa shape index (κ1) is 18.3. The molecular formula is C21H20F2N4O. The molecule has 2 heterocycles. The van der Waals surface area contributed by atoms with Crippen LogP contribution in [-0.2, 0) is 17.8 Å². The third-order valence-electron chi connectivity index (χ3n) is 5.03. The number of carbonyl (C=O) groups is 1. The molecule has 0 spiro atoms. The molecule has 0 aliphatic carbocycles. The molecular weight excluding hydrogens is 362 g/mol. The van der Waals surface area contributed by atoms with E-state index >= 15 is 0 Å². The highest BCUT2D eigenvalue weighted by Crippen LogP contribution is 2.27.